The molecule has 0 aliphatic carbocycles. The van der Waals surface area contributed by atoms with Crippen molar-refractivity contribution in [2.75, 3.05) is 26.1 Å². The smallest absolute Gasteiger partial charge is 0.231 e. The third kappa shape index (κ3) is 5.39. The van der Waals surface area contributed by atoms with Crippen molar-refractivity contribution in [1.82, 2.24) is 10.6 Å². The first-order chi connectivity index (χ1) is 13.5. The van der Waals surface area contributed by atoms with Gasteiger partial charge in [-0.15, -0.1) is 0 Å². The summed E-state index contributed by atoms with van der Waals surface area (Å²) in [6.07, 6.45) is 2.03. The fraction of sp³-hybridized carbons (Fsp3) is 0.350. The van der Waals surface area contributed by atoms with Gasteiger partial charge in [-0.3, -0.25) is 0 Å². The maximum Gasteiger partial charge on any atom is 0.231 e. The van der Waals surface area contributed by atoms with Gasteiger partial charge in [-0.1, -0.05) is 18.2 Å². The van der Waals surface area contributed by atoms with Crippen molar-refractivity contribution >= 4 is 15.8 Å². The summed E-state index contributed by atoms with van der Waals surface area (Å²) >= 11 is 0. The van der Waals surface area contributed by atoms with Gasteiger partial charge in [-0.25, -0.2) is 13.4 Å². The largest absolute Gasteiger partial charge is 0.454 e. The first-order valence-electron chi connectivity index (χ1n) is 9.15. The highest BCUT2D eigenvalue weighted by molar-refractivity contribution is 7.90. The molecule has 0 fully saturated rings. The van der Waals surface area contributed by atoms with E-state index in [1.807, 2.05) is 25.1 Å². The lowest BCUT2D eigenvalue weighted by Gasteiger charge is -2.11. The van der Waals surface area contributed by atoms with Gasteiger partial charge in [-0.05, 0) is 48.7 Å². The van der Waals surface area contributed by atoms with Crippen LogP contribution in [0.15, 0.2) is 52.4 Å². The number of nitrogens with zero attached hydrogens (tertiary/aromatic N) is 1. The van der Waals surface area contributed by atoms with Crippen molar-refractivity contribution in [3.8, 4) is 11.5 Å². The molecule has 0 saturated carbocycles. The normalized spacial score (nSPS) is 13.4. The van der Waals surface area contributed by atoms with Crippen molar-refractivity contribution in [3.05, 3.63) is 53.6 Å². The molecule has 0 bridgehead atoms. The summed E-state index contributed by atoms with van der Waals surface area (Å²) < 4.78 is 33.8. The minimum Gasteiger partial charge on any atom is -0.454 e. The zero-order valence-corrected chi connectivity index (χ0v) is 16.9. The van der Waals surface area contributed by atoms with Crippen molar-refractivity contribution in [2.45, 2.75) is 24.8 Å². The van der Waals surface area contributed by atoms with Gasteiger partial charge in [0, 0.05) is 19.3 Å². The molecule has 3 rings (SSSR count). The summed E-state index contributed by atoms with van der Waals surface area (Å²) in [5.74, 6) is 2.29. The van der Waals surface area contributed by atoms with E-state index in [0.717, 1.165) is 48.1 Å². The van der Waals surface area contributed by atoms with Gasteiger partial charge in [0.25, 0.3) is 0 Å². The fourth-order valence-electron chi connectivity index (χ4n) is 2.78. The van der Waals surface area contributed by atoms with Gasteiger partial charge in [0.15, 0.2) is 27.3 Å². The Labute approximate surface area is 165 Å². The highest BCUT2D eigenvalue weighted by Gasteiger charge is 2.13. The molecule has 28 heavy (non-hydrogen) atoms. The van der Waals surface area contributed by atoms with Gasteiger partial charge in [0.1, 0.15) is 0 Å². The van der Waals surface area contributed by atoms with Crippen molar-refractivity contribution in [3.63, 3.8) is 0 Å². The summed E-state index contributed by atoms with van der Waals surface area (Å²) in [5.41, 5.74) is 2.10. The number of rotatable bonds is 7. The van der Waals surface area contributed by atoms with Gasteiger partial charge in [0.05, 0.1) is 11.4 Å². The first kappa shape index (κ1) is 20.0. The van der Waals surface area contributed by atoms with E-state index in [1.54, 1.807) is 24.3 Å². The number of sulfone groups is 1. The third-order valence-corrected chi connectivity index (χ3v) is 5.39. The van der Waals surface area contributed by atoms with E-state index < -0.39 is 9.84 Å². The number of benzene rings is 2. The van der Waals surface area contributed by atoms with Crippen LogP contribution in [0.5, 0.6) is 11.5 Å². The minimum absolute atomic E-state index is 0.277. The van der Waals surface area contributed by atoms with E-state index in [0.29, 0.717) is 11.4 Å². The zero-order chi connectivity index (χ0) is 20.0. The number of nitrogens with one attached hydrogen (secondary N) is 2. The number of hydrogen-bond donors (Lipinski definition) is 2. The van der Waals surface area contributed by atoms with Crippen LogP contribution < -0.4 is 20.1 Å². The van der Waals surface area contributed by atoms with E-state index in [1.165, 1.54) is 6.26 Å². The number of fused-ring (bicyclic) bond motifs is 1. The number of hydrogen-bond acceptors (Lipinski definition) is 5. The molecule has 1 aliphatic rings. The van der Waals surface area contributed by atoms with Crippen LogP contribution in [0.25, 0.3) is 0 Å². The van der Waals surface area contributed by atoms with Gasteiger partial charge < -0.3 is 20.1 Å². The number of ether oxygens (including phenoxy) is 2. The Hall–Kier alpha value is -2.74. The Bertz CT molecular complexity index is 940. The molecule has 0 unspecified atom stereocenters. The second kappa shape index (κ2) is 8.97. The summed E-state index contributed by atoms with van der Waals surface area (Å²) in [5, 5.41) is 6.53. The molecule has 8 heteroatoms. The molecule has 0 aromatic heterocycles. The predicted molar refractivity (Wildman–Crippen MR) is 109 cm³/mol. The van der Waals surface area contributed by atoms with E-state index >= 15 is 0 Å². The molecular weight excluding hydrogens is 378 g/mol. The highest BCUT2D eigenvalue weighted by Crippen LogP contribution is 2.32. The van der Waals surface area contributed by atoms with E-state index in [9.17, 15) is 8.42 Å². The minimum atomic E-state index is -3.18. The monoisotopic (exact) mass is 403 g/mol. The highest BCUT2D eigenvalue weighted by atomic mass is 32.2. The van der Waals surface area contributed by atoms with Crippen molar-refractivity contribution in [1.29, 1.82) is 0 Å². The Morgan fingerprint density at radius 1 is 1.04 bits per heavy atom. The van der Waals surface area contributed by atoms with Gasteiger partial charge in [-0.2, -0.15) is 0 Å². The van der Waals surface area contributed by atoms with E-state index in [2.05, 4.69) is 15.6 Å². The molecule has 0 radical (unpaired) electrons. The molecule has 2 N–H and O–H groups in total. The molecule has 1 heterocycles. The van der Waals surface area contributed by atoms with Crippen LogP contribution in [-0.4, -0.2) is 40.5 Å². The molecule has 0 amide bonds. The molecule has 150 valence electrons. The summed E-state index contributed by atoms with van der Waals surface area (Å²) in [4.78, 5) is 4.88. The Morgan fingerprint density at radius 2 is 1.75 bits per heavy atom. The van der Waals surface area contributed by atoms with Crippen LogP contribution in [0.2, 0.25) is 0 Å². The summed E-state index contributed by atoms with van der Waals surface area (Å²) in [6.45, 7) is 4.22. The molecule has 7 nitrogen and oxygen atoms in total. The molecule has 0 saturated heterocycles. The Morgan fingerprint density at radius 3 is 2.46 bits per heavy atom. The van der Waals surface area contributed by atoms with Crippen LogP contribution in [-0.2, 0) is 22.8 Å². The van der Waals surface area contributed by atoms with Crippen LogP contribution in [0.3, 0.4) is 0 Å². The number of aliphatic imine (C=N–C) groups is 1. The fourth-order valence-corrected chi connectivity index (χ4v) is 3.41. The molecule has 2 aromatic rings. The molecular formula is C20H25N3O4S. The standard InChI is InChI=1S/C20H25N3O4S/c1-3-21-20(23-13-16-4-7-17(8-5-16)28(2,24)25)22-11-10-15-6-9-18-19(12-15)27-14-26-18/h4-9,12H,3,10-11,13-14H2,1-2H3,(H2,21,22,23). The predicted octanol–water partition coefficient (Wildman–Crippen LogP) is 2.12. The van der Waals surface area contributed by atoms with E-state index in [4.69, 9.17) is 9.47 Å². The average molecular weight is 404 g/mol. The number of guanidine groups is 1. The van der Waals surface area contributed by atoms with Crippen molar-refractivity contribution in [2.24, 2.45) is 4.99 Å². The lowest BCUT2D eigenvalue weighted by atomic mass is 10.1. The van der Waals surface area contributed by atoms with Crippen LogP contribution in [0.1, 0.15) is 18.1 Å². The van der Waals surface area contributed by atoms with Crippen LogP contribution in [0, 0.1) is 0 Å². The topological polar surface area (TPSA) is 89.0 Å². The Balaban J connectivity index is 1.55. The van der Waals surface area contributed by atoms with Gasteiger partial charge in [0.2, 0.25) is 6.79 Å². The summed E-state index contributed by atoms with van der Waals surface area (Å²) in [6, 6.07) is 12.8. The quantitative estimate of drug-likeness (QED) is 0.544. The third-order valence-electron chi connectivity index (χ3n) is 4.26. The molecule has 0 atom stereocenters. The summed E-state index contributed by atoms with van der Waals surface area (Å²) in [7, 11) is -3.18. The second-order valence-electron chi connectivity index (χ2n) is 6.48. The van der Waals surface area contributed by atoms with E-state index in [-0.39, 0.29) is 6.79 Å². The molecule has 2 aromatic carbocycles. The SMILES string of the molecule is CCNC(=NCc1ccc(S(C)(=O)=O)cc1)NCCc1ccc2c(c1)OCO2. The second-order valence-corrected chi connectivity index (χ2v) is 8.49. The van der Waals surface area contributed by atoms with Gasteiger partial charge >= 0.3 is 0 Å². The van der Waals surface area contributed by atoms with Crippen LogP contribution in [0.4, 0.5) is 0 Å². The lowest BCUT2D eigenvalue weighted by Crippen LogP contribution is -2.38. The first-order valence-corrected chi connectivity index (χ1v) is 11.0. The molecule has 1 aliphatic heterocycles. The Kier molecular flexibility index (Phi) is 6.41. The van der Waals surface area contributed by atoms with Crippen molar-refractivity contribution < 1.29 is 17.9 Å². The molecule has 0 spiro atoms. The zero-order valence-electron chi connectivity index (χ0n) is 16.1. The maximum absolute atomic E-state index is 11.5. The maximum atomic E-state index is 11.5. The average Bonchev–Trinajstić information content (AvgIpc) is 3.13. The lowest BCUT2D eigenvalue weighted by molar-refractivity contribution is 0.174. The van der Waals surface area contributed by atoms with Crippen LogP contribution >= 0.6 is 0 Å².